The third-order valence-electron chi connectivity index (χ3n) is 1.11. The molecule has 0 radical (unpaired) electrons. The van der Waals surface area contributed by atoms with Crippen molar-refractivity contribution in [1.82, 2.24) is 9.55 Å². The molecule has 0 bridgehead atoms. The van der Waals surface area contributed by atoms with Gasteiger partial charge in [0.1, 0.15) is 0 Å². The van der Waals surface area contributed by atoms with Crippen molar-refractivity contribution in [2.24, 2.45) is 7.05 Å². The van der Waals surface area contributed by atoms with Gasteiger partial charge in [-0.05, 0) is 6.92 Å². The Kier molecular flexibility index (Phi) is 4.18. The molecular weight excluding hydrogens is 140 g/mol. The molecule has 3 heteroatoms. The van der Waals surface area contributed by atoms with Gasteiger partial charge in [0, 0.05) is 13.2 Å². The summed E-state index contributed by atoms with van der Waals surface area (Å²) >= 11 is 0. The third kappa shape index (κ3) is 2.98. The van der Waals surface area contributed by atoms with E-state index in [1.807, 2.05) is 20.8 Å². The summed E-state index contributed by atoms with van der Waals surface area (Å²) in [5.74, 6) is 0. The molecule has 0 saturated carbocycles. The van der Waals surface area contributed by atoms with E-state index in [9.17, 15) is 4.79 Å². The van der Waals surface area contributed by atoms with Gasteiger partial charge in [0.05, 0.1) is 11.9 Å². The number of aromatic nitrogens is 2. The molecule has 0 aliphatic rings. The van der Waals surface area contributed by atoms with Gasteiger partial charge in [-0.2, -0.15) is 0 Å². The minimum Gasteiger partial charge on any atom is -0.315 e. The summed E-state index contributed by atoms with van der Waals surface area (Å²) in [4.78, 5) is 14.5. The summed E-state index contributed by atoms with van der Waals surface area (Å²) in [6.07, 6.45) is 3.01. The first-order valence-electron chi connectivity index (χ1n) is 3.69. The average Bonchev–Trinajstić information content (AvgIpc) is 2.02. The van der Waals surface area contributed by atoms with Crippen LogP contribution in [-0.2, 0) is 7.05 Å². The molecule has 1 aromatic heterocycles. The molecule has 0 unspecified atom stereocenters. The van der Waals surface area contributed by atoms with E-state index in [2.05, 4.69) is 4.98 Å². The predicted molar refractivity (Wildman–Crippen MR) is 45.6 cm³/mol. The average molecular weight is 154 g/mol. The van der Waals surface area contributed by atoms with E-state index in [1.54, 1.807) is 13.2 Å². The Morgan fingerprint density at radius 1 is 1.45 bits per heavy atom. The molecule has 0 aliphatic heterocycles. The molecule has 3 nitrogen and oxygen atoms in total. The molecule has 62 valence electrons. The van der Waals surface area contributed by atoms with Crippen LogP contribution in [0.3, 0.4) is 0 Å². The van der Waals surface area contributed by atoms with Gasteiger partial charge < -0.3 is 4.57 Å². The summed E-state index contributed by atoms with van der Waals surface area (Å²) in [6, 6.07) is 0. The quantitative estimate of drug-likeness (QED) is 0.561. The standard InChI is InChI=1S/C6H8N2O.C2H6/c1-5-4-8(2)6(9)3-7-5;1-2/h3-4H,1-2H3;1-2H3. The maximum absolute atomic E-state index is 10.7. The van der Waals surface area contributed by atoms with E-state index in [-0.39, 0.29) is 5.56 Å². The van der Waals surface area contributed by atoms with Gasteiger partial charge in [-0.3, -0.25) is 9.78 Å². The van der Waals surface area contributed by atoms with Crippen molar-refractivity contribution in [3.63, 3.8) is 0 Å². The molecule has 0 aliphatic carbocycles. The maximum atomic E-state index is 10.7. The summed E-state index contributed by atoms with van der Waals surface area (Å²) in [7, 11) is 1.71. The molecule has 1 rings (SSSR count). The molecular formula is C8H14N2O. The summed E-state index contributed by atoms with van der Waals surface area (Å²) in [5, 5.41) is 0. The van der Waals surface area contributed by atoms with E-state index in [4.69, 9.17) is 0 Å². The molecule has 11 heavy (non-hydrogen) atoms. The maximum Gasteiger partial charge on any atom is 0.268 e. The lowest BCUT2D eigenvalue weighted by atomic mass is 10.5. The molecule has 0 aromatic carbocycles. The fraction of sp³-hybridized carbons (Fsp3) is 0.500. The zero-order chi connectivity index (χ0) is 8.85. The van der Waals surface area contributed by atoms with Gasteiger partial charge in [0.15, 0.2) is 0 Å². The Morgan fingerprint density at radius 2 is 2.00 bits per heavy atom. The minimum atomic E-state index is -0.0689. The van der Waals surface area contributed by atoms with Crippen molar-refractivity contribution in [2.45, 2.75) is 20.8 Å². The second kappa shape index (κ2) is 4.66. The zero-order valence-corrected chi connectivity index (χ0v) is 7.46. The number of hydrogen-bond acceptors (Lipinski definition) is 2. The van der Waals surface area contributed by atoms with E-state index in [1.165, 1.54) is 10.8 Å². The van der Waals surface area contributed by atoms with Crippen molar-refractivity contribution >= 4 is 0 Å². The summed E-state index contributed by atoms with van der Waals surface area (Å²) in [5.41, 5.74) is 0.790. The summed E-state index contributed by atoms with van der Waals surface area (Å²) < 4.78 is 1.50. The van der Waals surface area contributed by atoms with Gasteiger partial charge in [0.2, 0.25) is 0 Å². The number of hydrogen-bond donors (Lipinski definition) is 0. The van der Waals surface area contributed by atoms with Gasteiger partial charge in [0.25, 0.3) is 5.56 Å². The molecule has 0 saturated heterocycles. The molecule has 0 fully saturated rings. The molecule has 1 aromatic rings. The topological polar surface area (TPSA) is 34.9 Å². The first-order chi connectivity index (χ1) is 5.20. The highest BCUT2D eigenvalue weighted by Crippen LogP contribution is 1.81. The van der Waals surface area contributed by atoms with Crippen LogP contribution in [0.4, 0.5) is 0 Å². The number of nitrogens with zero attached hydrogens (tertiary/aromatic N) is 2. The van der Waals surface area contributed by atoms with Crippen LogP contribution < -0.4 is 5.56 Å². The van der Waals surface area contributed by atoms with E-state index in [0.29, 0.717) is 0 Å². The van der Waals surface area contributed by atoms with Gasteiger partial charge in [-0.25, -0.2) is 0 Å². The fourth-order valence-electron chi connectivity index (χ4n) is 0.625. The second-order valence-electron chi connectivity index (χ2n) is 1.98. The largest absolute Gasteiger partial charge is 0.315 e. The predicted octanol–water partition coefficient (Wildman–Crippen LogP) is 1.11. The van der Waals surface area contributed by atoms with Crippen molar-refractivity contribution in [1.29, 1.82) is 0 Å². The van der Waals surface area contributed by atoms with Crippen LogP contribution in [0.25, 0.3) is 0 Å². The Labute approximate surface area is 66.7 Å². The van der Waals surface area contributed by atoms with Crippen molar-refractivity contribution in [3.8, 4) is 0 Å². The SMILES string of the molecule is CC.Cc1cn(C)c(=O)cn1. The van der Waals surface area contributed by atoms with Crippen LogP contribution in [-0.4, -0.2) is 9.55 Å². The van der Waals surface area contributed by atoms with Crippen LogP contribution in [0.1, 0.15) is 19.5 Å². The highest BCUT2D eigenvalue weighted by atomic mass is 16.1. The number of rotatable bonds is 0. The third-order valence-corrected chi connectivity index (χ3v) is 1.11. The van der Waals surface area contributed by atoms with Crippen LogP contribution in [0, 0.1) is 6.92 Å². The highest BCUT2D eigenvalue weighted by molar-refractivity contribution is 4.92. The monoisotopic (exact) mass is 154 g/mol. The van der Waals surface area contributed by atoms with Gasteiger partial charge in [-0.1, -0.05) is 13.8 Å². The number of aryl methyl sites for hydroxylation is 2. The Morgan fingerprint density at radius 3 is 2.36 bits per heavy atom. The highest BCUT2D eigenvalue weighted by Gasteiger charge is 1.87. The molecule has 1 heterocycles. The smallest absolute Gasteiger partial charge is 0.268 e. The van der Waals surface area contributed by atoms with Crippen LogP contribution in [0.5, 0.6) is 0 Å². The van der Waals surface area contributed by atoms with Crippen LogP contribution in [0.15, 0.2) is 17.2 Å². The molecule has 0 spiro atoms. The van der Waals surface area contributed by atoms with Gasteiger partial charge in [-0.15, -0.1) is 0 Å². The zero-order valence-electron chi connectivity index (χ0n) is 7.46. The van der Waals surface area contributed by atoms with Crippen LogP contribution >= 0.6 is 0 Å². The second-order valence-corrected chi connectivity index (χ2v) is 1.98. The lowest BCUT2D eigenvalue weighted by Gasteiger charge is -1.94. The lowest BCUT2D eigenvalue weighted by molar-refractivity contribution is 0.826. The Hall–Kier alpha value is -1.12. The van der Waals surface area contributed by atoms with E-state index >= 15 is 0 Å². The summed E-state index contributed by atoms with van der Waals surface area (Å²) in [6.45, 7) is 5.85. The molecule has 0 atom stereocenters. The Balaban J connectivity index is 0.000000461. The fourth-order valence-corrected chi connectivity index (χ4v) is 0.625. The van der Waals surface area contributed by atoms with Crippen molar-refractivity contribution in [3.05, 3.63) is 28.4 Å². The molecule has 0 amide bonds. The van der Waals surface area contributed by atoms with E-state index < -0.39 is 0 Å². The Bertz CT molecular complexity index is 265. The van der Waals surface area contributed by atoms with E-state index in [0.717, 1.165) is 5.69 Å². The lowest BCUT2D eigenvalue weighted by Crippen LogP contribution is -2.15. The van der Waals surface area contributed by atoms with Crippen molar-refractivity contribution in [2.75, 3.05) is 0 Å². The van der Waals surface area contributed by atoms with Crippen molar-refractivity contribution < 1.29 is 0 Å². The minimum absolute atomic E-state index is 0.0689. The first kappa shape index (κ1) is 9.88. The normalized spacial score (nSPS) is 8.36. The van der Waals surface area contributed by atoms with Gasteiger partial charge >= 0.3 is 0 Å². The van der Waals surface area contributed by atoms with Crippen LogP contribution in [0.2, 0.25) is 0 Å². The first-order valence-corrected chi connectivity index (χ1v) is 3.69. The molecule has 0 N–H and O–H groups in total.